The van der Waals surface area contributed by atoms with Crippen LogP contribution in [0.2, 0.25) is 0 Å². The Balaban J connectivity index is 1.90. The average molecular weight is 418 g/mol. The van der Waals surface area contributed by atoms with Gasteiger partial charge in [0.2, 0.25) is 0 Å². The third kappa shape index (κ3) is 3.40. The molecular weight excluding hydrogens is 395 g/mol. The van der Waals surface area contributed by atoms with E-state index in [-0.39, 0.29) is 0 Å². The molecule has 1 aliphatic rings. The molecule has 152 valence electrons. The molecule has 1 aliphatic heterocycles. The third-order valence-electron chi connectivity index (χ3n) is 5.11. The first kappa shape index (κ1) is 19.9. The zero-order chi connectivity index (χ0) is 21.3. The topological polar surface area (TPSA) is 86.3 Å². The van der Waals surface area contributed by atoms with E-state index >= 15 is 0 Å². The Morgan fingerprint density at radius 2 is 1.80 bits per heavy atom. The van der Waals surface area contributed by atoms with Crippen LogP contribution in [0.25, 0.3) is 0 Å². The van der Waals surface area contributed by atoms with E-state index in [9.17, 15) is 4.57 Å². The minimum absolute atomic E-state index is 0.301. The lowest BCUT2D eigenvalue weighted by atomic mass is 10.2. The highest BCUT2D eigenvalue weighted by molar-refractivity contribution is 7.72. The molecule has 1 aromatic heterocycles. The molecule has 1 atom stereocenters. The van der Waals surface area contributed by atoms with Crippen LogP contribution in [0.15, 0.2) is 59.6 Å². The van der Waals surface area contributed by atoms with Gasteiger partial charge in [0.15, 0.2) is 5.82 Å². The van der Waals surface area contributed by atoms with Crippen LogP contribution in [-0.2, 0) is 11.1 Å². The van der Waals surface area contributed by atoms with E-state index in [2.05, 4.69) is 16.3 Å². The summed E-state index contributed by atoms with van der Waals surface area (Å²) < 4.78 is 18.0. The third-order valence-corrected chi connectivity index (χ3v) is 7.84. The lowest BCUT2D eigenvalue weighted by Crippen LogP contribution is -2.36. The Kier molecular flexibility index (Phi) is 5.19. The number of rotatable bonds is 5. The molecule has 0 radical (unpaired) electrons. The Bertz CT molecular complexity index is 1190. The second-order valence-corrected chi connectivity index (χ2v) is 9.69. The molecule has 2 aromatic carbocycles. The van der Waals surface area contributed by atoms with Gasteiger partial charge in [-0.15, -0.1) is 0 Å². The van der Waals surface area contributed by atoms with Gasteiger partial charge < -0.3 is 5.09 Å². The molecule has 0 fully saturated rings. The minimum Gasteiger partial charge on any atom is -0.317 e. The molecule has 0 spiro atoms. The number of nitrogens with zero attached hydrogens (tertiary/aromatic N) is 5. The highest BCUT2D eigenvalue weighted by Gasteiger charge is 2.43. The summed E-state index contributed by atoms with van der Waals surface area (Å²) in [7, 11) is -1.52. The fourth-order valence-electron chi connectivity index (χ4n) is 3.57. The molecule has 30 heavy (non-hydrogen) atoms. The Labute approximate surface area is 176 Å². The predicted octanol–water partition coefficient (Wildman–Crippen LogP) is 4.37. The number of aromatic nitrogens is 2. The van der Waals surface area contributed by atoms with Gasteiger partial charge in [0, 0.05) is 18.3 Å². The smallest absolute Gasteiger partial charge is 0.296 e. The zero-order valence-corrected chi connectivity index (χ0v) is 18.1. The lowest BCUT2D eigenvalue weighted by Gasteiger charge is -2.35. The first-order valence-corrected chi connectivity index (χ1v) is 11.4. The van der Waals surface area contributed by atoms with Crippen LogP contribution in [0.3, 0.4) is 0 Å². The van der Waals surface area contributed by atoms with Gasteiger partial charge in [-0.2, -0.15) is 10.4 Å². The molecule has 0 unspecified atom stereocenters. The number of hydrogen-bond acceptors (Lipinski definition) is 4. The summed E-state index contributed by atoms with van der Waals surface area (Å²) in [6.07, 6.45) is 0.301. The predicted molar refractivity (Wildman–Crippen MR) is 120 cm³/mol. The van der Waals surface area contributed by atoms with Crippen molar-refractivity contribution in [1.29, 1.82) is 5.26 Å². The number of fused-ring (bicyclic) bond motifs is 1. The first-order chi connectivity index (χ1) is 14.4. The minimum atomic E-state index is -3.32. The van der Waals surface area contributed by atoms with E-state index in [1.165, 1.54) is 0 Å². The second-order valence-electron chi connectivity index (χ2n) is 7.27. The summed E-state index contributed by atoms with van der Waals surface area (Å²) in [6.45, 7) is 4.24. The van der Waals surface area contributed by atoms with Gasteiger partial charge in [0.25, 0.3) is 7.44 Å². The van der Waals surface area contributed by atoms with Gasteiger partial charge in [-0.05, 0) is 26.0 Å². The Morgan fingerprint density at radius 1 is 1.10 bits per heavy atom. The lowest BCUT2D eigenvalue weighted by molar-refractivity contribution is 0.553. The van der Waals surface area contributed by atoms with E-state index in [4.69, 9.17) is 10.3 Å². The maximum Gasteiger partial charge on any atom is 0.296 e. The summed E-state index contributed by atoms with van der Waals surface area (Å²) in [5, 5.41) is 17.5. The number of anilines is 1. The molecule has 7 nitrogen and oxygen atoms in total. The van der Waals surface area contributed by atoms with Crippen molar-refractivity contribution in [3.63, 3.8) is 0 Å². The van der Waals surface area contributed by atoms with Crippen molar-refractivity contribution in [2.45, 2.75) is 26.8 Å². The van der Waals surface area contributed by atoms with Crippen molar-refractivity contribution in [3.05, 3.63) is 71.4 Å². The van der Waals surface area contributed by atoms with Crippen LogP contribution in [0.1, 0.15) is 23.2 Å². The Morgan fingerprint density at radius 3 is 2.47 bits per heavy atom. The Hall–Kier alpha value is -3.36. The number of aryl methyl sites for hydroxylation is 3. The van der Waals surface area contributed by atoms with Crippen molar-refractivity contribution in [2.24, 2.45) is 4.99 Å². The molecule has 0 bridgehead atoms. The van der Waals surface area contributed by atoms with Crippen molar-refractivity contribution < 1.29 is 4.57 Å². The summed E-state index contributed by atoms with van der Waals surface area (Å²) in [6, 6.07) is 19.6. The molecule has 8 heteroatoms. The molecule has 4 rings (SSSR count). The fourth-order valence-corrected chi connectivity index (χ4v) is 5.97. The fraction of sp³-hybridized carbons (Fsp3) is 0.227. The number of nitrogens with one attached hydrogen (secondary N) is 1. The summed E-state index contributed by atoms with van der Waals surface area (Å²) in [5.74, 6) is 1.15. The van der Waals surface area contributed by atoms with Gasteiger partial charge in [-0.1, -0.05) is 48.0 Å². The highest BCUT2D eigenvalue weighted by Crippen LogP contribution is 2.53. The van der Waals surface area contributed by atoms with Gasteiger partial charge in [0.05, 0.1) is 24.7 Å². The number of benzene rings is 2. The van der Waals surface area contributed by atoms with Crippen LogP contribution < -0.4 is 10.4 Å². The maximum atomic E-state index is 14.5. The summed E-state index contributed by atoms with van der Waals surface area (Å²) in [5.41, 5.74) is 3.40. The SMILES string of the molecule is Cc1ccc(N[P@@]2(=O)c3c(C)nn(CCC#N)c3N=C(c3ccccc3)N2C)cc1. The van der Waals surface area contributed by atoms with E-state index in [0.717, 1.165) is 16.8 Å². The van der Waals surface area contributed by atoms with Gasteiger partial charge in [-0.3, -0.25) is 9.24 Å². The molecule has 0 saturated heterocycles. The van der Waals surface area contributed by atoms with E-state index in [0.29, 0.717) is 35.6 Å². The van der Waals surface area contributed by atoms with E-state index in [1.807, 2.05) is 68.4 Å². The van der Waals surface area contributed by atoms with Crippen molar-refractivity contribution in [1.82, 2.24) is 14.5 Å². The maximum absolute atomic E-state index is 14.5. The molecule has 0 saturated carbocycles. The second kappa shape index (κ2) is 7.81. The summed E-state index contributed by atoms with van der Waals surface area (Å²) in [4.78, 5) is 4.84. The van der Waals surface area contributed by atoms with Crippen molar-refractivity contribution >= 4 is 30.1 Å². The first-order valence-electron chi connectivity index (χ1n) is 9.72. The number of aliphatic imine (C=N–C) groups is 1. The monoisotopic (exact) mass is 418 g/mol. The largest absolute Gasteiger partial charge is 0.317 e. The molecule has 2 heterocycles. The van der Waals surface area contributed by atoms with Crippen LogP contribution in [0, 0.1) is 25.2 Å². The van der Waals surface area contributed by atoms with Crippen LogP contribution >= 0.6 is 7.44 Å². The standard InChI is InChI=1S/C22H23N6OP/c1-16-10-12-19(13-11-16)26-30(29)20-17(2)25-28(15-7-14-23)22(20)24-21(27(30)3)18-8-5-4-6-9-18/h4-6,8-13H,7,15H2,1-3H3,(H,26,29)/t30-/m0/s1. The normalized spacial score (nSPS) is 17.8. The van der Waals surface area contributed by atoms with Gasteiger partial charge >= 0.3 is 0 Å². The van der Waals surface area contributed by atoms with Crippen LogP contribution in [0.4, 0.5) is 11.5 Å². The van der Waals surface area contributed by atoms with E-state index < -0.39 is 7.44 Å². The van der Waals surface area contributed by atoms with Crippen molar-refractivity contribution in [3.8, 4) is 6.07 Å². The van der Waals surface area contributed by atoms with Gasteiger partial charge in [-0.25, -0.2) is 9.67 Å². The van der Waals surface area contributed by atoms with Crippen molar-refractivity contribution in [2.75, 3.05) is 12.1 Å². The highest BCUT2D eigenvalue weighted by atomic mass is 31.2. The molecular formula is C22H23N6OP. The van der Waals surface area contributed by atoms with Crippen LogP contribution in [0.5, 0.6) is 0 Å². The van der Waals surface area contributed by atoms with Gasteiger partial charge in [0.1, 0.15) is 11.1 Å². The molecule has 0 aliphatic carbocycles. The molecule has 3 aromatic rings. The zero-order valence-electron chi connectivity index (χ0n) is 17.2. The van der Waals surface area contributed by atoms with E-state index in [1.54, 1.807) is 16.4 Å². The molecule has 1 N–H and O–H groups in total. The number of hydrogen-bond donors (Lipinski definition) is 1. The average Bonchev–Trinajstić information content (AvgIpc) is 3.07. The number of amidine groups is 1. The summed E-state index contributed by atoms with van der Waals surface area (Å²) >= 11 is 0. The number of nitriles is 1. The molecule has 0 amide bonds. The van der Waals surface area contributed by atoms with Crippen LogP contribution in [-0.4, -0.2) is 27.3 Å². The quantitative estimate of drug-likeness (QED) is 0.622.